The molecular formula is C10H17N3O2. The lowest BCUT2D eigenvalue weighted by Crippen LogP contribution is -2.19. The predicted octanol–water partition coefficient (Wildman–Crippen LogP) is 1.09. The molecule has 0 atom stereocenters. The molecule has 0 bridgehead atoms. The molecule has 1 aromatic rings. The monoisotopic (exact) mass is 211 g/mol. The summed E-state index contributed by atoms with van der Waals surface area (Å²) in [6, 6.07) is 0. The van der Waals surface area contributed by atoms with E-state index in [-0.39, 0.29) is 5.91 Å². The Kier molecular flexibility index (Phi) is 4.30. The van der Waals surface area contributed by atoms with Crippen LogP contribution >= 0.6 is 0 Å². The van der Waals surface area contributed by atoms with Gasteiger partial charge in [0, 0.05) is 13.0 Å². The average Bonchev–Trinajstić information content (AvgIpc) is 2.57. The average molecular weight is 211 g/mol. The summed E-state index contributed by atoms with van der Waals surface area (Å²) in [5, 5.41) is 9.59. The first kappa shape index (κ1) is 11.7. The van der Waals surface area contributed by atoms with Gasteiger partial charge in [0.1, 0.15) is 11.4 Å². The minimum absolute atomic E-state index is 0.0228. The fourth-order valence-corrected chi connectivity index (χ4v) is 1.26. The van der Waals surface area contributed by atoms with E-state index in [9.17, 15) is 4.79 Å². The number of nitrogens with zero attached hydrogens (tertiary/aromatic N) is 1. The normalized spacial score (nSPS) is 10.3. The van der Waals surface area contributed by atoms with Gasteiger partial charge in [0.2, 0.25) is 5.91 Å². The van der Waals surface area contributed by atoms with Crippen molar-refractivity contribution in [3.63, 3.8) is 0 Å². The van der Waals surface area contributed by atoms with Gasteiger partial charge in [0.05, 0.1) is 0 Å². The fraction of sp³-hybridized carbons (Fsp3) is 0.600. The number of amides is 1. The molecule has 0 saturated carbocycles. The van der Waals surface area contributed by atoms with Gasteiger partial charge in [-0.15, -0.1) is 0 Å². The standard InChI is InChI=1S/C10H17N3O2/c1-4-8-10(7(2)15-13-8)12-9(14)5-6-11-3/h11H,4-6H2,1-3H3,(H,12,14). The molecule has 1 aromatic heterocycles. The molecule has 0 aromatic carbocycles. The summed E-state index contributed by atoms with van der Waals surface area (Å²) in [7, 11) is 1.81. The largest absolute Gasteiger partial charge is 0.359 e. The molecule has 1 rings (SSSR count). The van der Waals surface area contributed by atoms with Crippen molar-refractivity contribution in [2.24, 2.45) is 0 Å². The van der Waals surface area contributed by atoms with E-state index in [2.05, 4.69) is 15.8 Å². The number of carbonyl (C=O) groups excluding carboxylic acids is 1. The third kappa shape index (κ3) is 3.06. The van der Waals surface area contributed by atoms with E-state index in [0.29, 0.717) is 18.7 Å². The van der Waals surface area contributed by atoms with Gasteiger partial charge in [-0.3, -0.25) is 4.79 Å². The Balaban J connectivity index is 2.62. The molecule has 5 nitrogen and oxygen atoms in total. The quantitative estimate of drug-likeness (QED) is 0.765. The van der Waals surface area contributed by atoms with E-state index >= 15 is 0 Å². The second kappa shape index (κ2) is 5.50. The van der Waals surface area contributed by atoms with Crippen molar-refractivity contribution in [3.05, 3.63) is 11.5 Å². The number of aromatic nitrogens is 1. The Labute approximate surface area is 89.2 Å². The first-order valence-corrected chi connectivity index (χ1v) is 5.08. The molecule has 0 aliphatic rings. The highest BCUT2D eigenvalue weighted by Gasteiger charge is 2.13. The zero-order valence-electron chi connectivity index (χ0n) is 9.39. The van der Waals surface area contributed by atoms with Crippen LogP contribution in [0.15, 0.2) is 4.52 Å². The highest BCUT2D eigenvalue weighted by atomic mass is 16.5. The van der Waals surface area contributed by atoms with Gasteiger partial charge in [-0.05, 0) is 20.4 Å². The molecule has 0 aliphatic heterocycles. The summed E-state index contributed by atoms with van der Waals surface area (Å²) in [6.07, 6.45) is 1.20. The lowest BCUT2D eigenvalue weighted by molar-refractivity contribution is -0.116. The molecule has 1 heterocycles. The number of hydrogen-bond acceptors (Lipinski definition) is 4. The molecule has 15 heavy (non-hydrogen) atoms. The van der Waals surface area contributed by atoms with Crippen LogP contribution in [0.4, 0.5) is 5.69 Å². The summed E-state index contributed by atoms with van der Waals surface area (Å²) >= 11 is 0. The van der Waals surface area contributed by atoms with Crippen LogP contribution < -0.4 is 10.6 Å². The van der Waals surface area contributed by atoms with E-state index in [1.807, 2.05) is 14.0 Å². The first-order chi connectivity index (χ1) is 7.19. The van der Waals surface area contributed by atoms with Crippen molar-refractivity contribution >= 4 is 11.6 Å². The molecule has 1 amide bonds. The SMILES string of the molecule is CCc1noc(C)c1NC(=O)CCNC. The Morgan fingerprint density at radius 3 is 2.87 bits per heavy atom. The molecule has 0 saturated heterocycles. The Bertz CT molecular complexity index is 333. The molecule has 84 valence electrons. The predicted molar refractivity (Wildman–Crippen MR) is 57.8 cm³/mol. The smallest absolute Gasteiger partial charge is 0.225 e. The summed E-state index contributed by atoms with van der Waals surface area (Å²) in [5.74, 6) is 0.634. The maximum atomic E-state index is 11.5. The van der Waals surface area contributed by atoms with Crippen molar-refractivity contribution in [2.45, 2.75) is 26.7 Å². The molecule has 2 N–H and O–H groups in total. The van der Waals surface area contributed by atoms with E-state index in [4.69, 9.17) is 4.52 Å². The topological polar surface area (TPSA) is 67.2 Å². The summed E-state index contributed by atoms with van der Waals surface area (Å²) < 4.78 is 5.01. The first-order valence-electron chi connectivity index (χ1n) is 5.08. The van der Waals surface area contributed by atoms with Gasteiger partial charge in [0.15, 0.2) is 5.76 Å². The molecule has 0 radical (unpaired) electrons. The maximum absolute atomic E-state index is 11.5. The van der Waals surface area contributed by atoms with E-state index in [0.717, 1.165) is 17.8 Å². The third-order valence-electron chi connectivity index (χ3n) is 2.13. The van der Waals surface area contributed by atoms with Crippen molar-refractivity contribution in [1.29, 1.82) is 0 Å². The number of anilines is 1. The Morgan fingerprint density at radius 2 is 2.27 bits per heavy atom. The van der Waals surface area contributed by atoms with E-state index in [1.165, 1.54) is 0 Å². The highest BCUT2D eigenvalue weighted by molar-refractivity contribution is 5.91. The third-order valence-corrected chi connectivity index (χ3v) is 2.13. The second-order valence-electron chi connectivity index (χ2n) is 3.32. The second-order valence-corrected chi connectivity index (χ2v) is 3.32. The number of aryl methyl sites for hydroxylation is 2. The van der Waals surface area contributed by atoms with Crippen LogP contribution in [0.1, 0.15) is 24.8 Å². The van der Waals surface area contributed by atoms with Gasteiger partial charge in [0.25, 0.3) is 0 Å². The van der Waals surface area contributed by atoms with Crippen LogP contribution in [0.25, 0.3) is 0 Å². The van der Waals surface area contributed by atoms with Crippen LogP contribution in [0, 0.1) is 6.92 Å². The van der Waals surface area contributed by atoms with Crippen molar-refractivity contribution in [1.82, 2.24) is 10.5 Å². The molecule has 0 unspecified atom stereocenters. The lowest BCUT2D eigenvalue weighted by atomic mass is 10.2. The Hall–Kier alpha value is -1.36. The maximum Gasteiger partial charge on any atom is 0.225 e. The van der Waals surface area contributed by atoms with Crippen LogP contribution in [-0.2, 0) is 11.2 Å². The van der Waals surface area contributed by atoms with Gasteiger partial charge < -0.3 is 15.2 Å². The van der Waals surface area contributed by atoms with Crippen molar-refractivity contribution < 1.29 is 9.32 Å². The lowest BCUT2D eigenvalue weighted by Gasteiger charge is -2.04. The molecule has 5 heteroatoms. The number of carbonyl (C=O) groups is 1. The molecular weight excluding hydrogens is 194 g/mol. The van der Waals surface area contributed by atoms with Gasteiger partial charge in [-0.25, -0.2) is 0 Å². The fourth-order valence-electron chi connectivity index (χ4n) is 1.26. The summed E-state index contributed by atoms with van der Waals surface area (Å²) in [4.78, 5) is 11.5. The van der Waals surface area contributed by atoms with Crippen LogP contribution in [-0.4, -0.2) is 24.7 Å². The summed E-state index contributed by atoms with van der Waals surface area (Å²) in [5.41, 5.74) is 1.52. The number of hydrogen-bond donors (Lipinski definition) is 2. The van der Waals surface area contributed by atoms with E-state index in [1.54, 1.807) is 6.92 Å². The minimum atomic E-state index is -0.0228. The summed E-state index contributed by atoms with van der Waals surface area (Å²) in [6.45, 7) is 4.43. The molecule has 0 aliphatic carbocycles. The van der Waals surface area contributed by atoms with Gasteiger partial charge >= 0.3 is 0 Å². The van der Waals surface area contributed by atoms with Crippen molar-refractivity contribution in [2.75, 3.05) is 18.9 Å². The van der Waals surface area contributed by atoms with E-state index < -0.39 is 0 Å². The highest BCUT2D eigenvalue weighted by Crippen LogP contribution is 2.20. The van der Waals surface area contributed by atoms with Gasteiger partial charge in [-0.1, -0.05) is 12.1 Å². The van der Waals surface area contributed by atoms with Crippen LogP contribution in [0.2, 0.25) is 0 Å². The van der Waals surface area contributed by atoms with Gasteiger partial charge in [-0.2, -0.15) is 0 Å². The van der Waals surface area contributed by atoms with Crippen molar-refractivity contribution in [3.8, 4) is 0 Å². The molecule has 0 fully saturated rings. The minimum Gasteiger partial charge on any atom is -0.359 e. The zero-order chi connectivity index (χ0) is 11.3. The number of nitrogens with one attached hydrogen (secondary N) is 2. The van der Waals surface area contributed by atoms with Crippen LogP contribution in [0.5, 0.6) is 0 Å². The zero-order valence-corrected chi connectivity index (χ0v) is 9.39. The number of rotatable bonds is 5. The molecule has 0 spiro atoms. The van der Waals surface area contributed by atoms with Crippen LogP contribution in [0.3, 0.4) is 0 Å². The Morgan fingerprint density at radius 1 is 1.53 bits per heavy atom.